The lowest BCUT2D eigenvalue weighted by atomic mass is 9.99. The summed E-state index contributed by atoms with van der Waals surface area (Å²) in [7, 11) is 0. The minimum absolute atomic E-state index is 0.430. The summed E-state index contributed by atoms with van der Waals surface area (Å²) in [6, 6.07) is 10.1. The molecule has 0 saturated carbocycles. The number of nitrogens with zero attached hydrogens (tertiary/aromatic N) is 1. The van der Waals surface area contributed by atoms with Crippen LogP contribution in [0.1, 0.15) is 58.6 Å². The van der Waals surface area contributed by atoms with E-state index in [0.717, 1.165) is 12.5 Å². The summed E-state index contributed by atoms with van der Waals surface area (Å²) < 4.78 is 0. The second kappa shape index (κ2) is 7.12. The zero-order valence-corrected chi connectivity index (χ0v) is 13.5. The van der Waals surface area contributed by atoms with E-state index in [1.165, 1.54) is 37.1 Å². The molecule has 20 heavy (non-hydrogen) atoms. The van der Waals surface area contributed by atoms with Crippen molar-refractivity contribution in [1.82, 2.24) is 5.32 Å². The lowest BCUT2D eigenvalue weighted by Gasteiger charge is -2.32. The van der Waals surface area contributed by atoms with Gasteiger partial charge in [-0.15, -0.1) is 0 Å². The van der Waals surface area contributed by atoms with Crippen molar-refractivity contribution in [2.24, 2.45) is 5.92 Å². The molecule has 0 aliphatic carbocycles. The van der Waals surface area contributed by atoms with Crippen LogP contribution in [0, 0.1) is 5.92 Å². The van der Waals surface area contributed by atoms with Gasteiger partial charge >= 0.3 is 0 Å². The molecular formula is C18H30N2. The monoisotopic (exact) mass is 274 g/mol. The van der Waals surface area contributed by atoms with Crippen LogP contribution in [-0.4, -0.2) is 19.1 Å². The van der Waals surface area contributed by atoms with E-state index in [0.29, 0.717) is 12.1 Å². The first kappa shape index (κ1) is 15.4. The van der Waals surface area contributed by atoms with Gasteiger partial charge in [-0.2, -0.15) is 0 Å². The van der Waals surface area contributed by atoms with Gasteiger partial charge < -0.3 is 10.2 Å². The Morgan fingerprint density at radius 3 is 2.70 bits per heavy atom. The molecule has 2 rings (SSSR count). The average Bonchev–Trinajstić information content (AvgIpc) is 2.94. The number of anilines is 1. The van der Waals surface area contributed by atoms with Gasteiger partial charge in [-0.25, -0.2) is 0 Å². The highest BCUT2D eigenvalue weighted by Crippen LogP contribution is 2.34. The first-order valence-corrected chi connectivity index (χ1v) is 8.24. The van der Waals surface area contributed by atoms with Gasteiger partial charge in [-0.1, -0.05) is 39.0 Å². The molecule has 112 valence electrons. The molecule has 1 N–H and O–H groups in total. The largest absolute Gasteiger partial charge is 0.368 e. The van der Waals surface area contributed by atoms with Crippen LogP contribution in [0.3, 0.4) is 0 Å². The second-order valence-electron chi connectivity index (χ2n) is 6.38. The molecule has 0 bridgehead atoms. The molecule has 1 saturated heterocycles. The minimum atomic E-state index is 0.430. The van der Waals surface area contributed by atoms with E-state index in [9.17, 15) is 0 Å². The van der Waals surface area contributed by atoms with Crippen molar-refractivity contribution in [3.05, 3.63) is 29.8 Å². The smallest absolute Gasteiger partial charge is 0.0417 e. The Hall–Kier alpha value is -1.02. The normalized spacial score (nSPS) is 20.6. The Morgan fingerprint density at radius 1 is 1.25 bits per heavy atom. The number of rotatable bonds is 6. The fourth-order valence-corrected chi connectivity index (χ4v) is 3.37. The van der Waals surface area contributed by atoms with Crippen molar-refractivity contribution >= 4 is 5.69 Å². The van der Waals surface area contributed by atoms with Crippen LogP contribution in [0.4, 0.5) is 5.69 Å². The minimum Gasteiger partial charge on any atom is -0.368 e. The fraction of sp³-hybridized carbons (Fsp3) is 0.667. The number of hydrogen-bond acceptors (Lipinski definition) is 2. The van der Waals surface area contributed by atoms with E-state index in [-0.39, 0.29) is 0 Å². The van der Waals surface area contributed by atoms with Gasteiger partial charge in [0.15, 0.2) is 0 Å². The molecule has 2 atom stereocenters. The molecule has 2 heteroatoms. The SMILES string of the molecule is CCCNC(C)c1ccccc1N1CCCC1C(C)C. The van der Waals surface area contributed by atoms with E-state index in [1.807, 2.05) is 0 Å². The molecule has 1 aliphatic rings. The van der Waals surface area contributed by atoms with Gasteiger partial charge in [-0.3, -0.25) is 0 Å². The Kier molecular flexibility index (Phi) is 5.47. The number of para-hydroxylation sites is 1. The number of nitrogens with one attached hydrogen (secondary N) is 1. The lowest BCUT2D eigenvalue weighted by molar-refractivity contribution is 0.488. The fourth-order valence-electron chi connectivity index (χ4n) is 3.37. The van der Waals surface area contributed by atoms with E-state index >= 15 is 0 Å². The van der Waals surface area contributed by atoms with Gasteiger partial charge in [0.1, 0.15) is 0 Å². The molecule has 2 unspecified atom stereocenters. The van der Waals surface area contributed by atoms with Gasteiger partial charge in [0.25, 0.3) is 0 Å². The third-order valence-corrected chi connectivity index (χ3v) is 4.48. The third kappa shape index (κ3) is 3.35. The number of hydrogen-bond donors (Lipinski definition) is 1. The Balaban J connectivity index is 2.23. The van der Waals surface area contributed by atoms with E-state index in [1.54, 1.807) is 0 Å². The van der Waals surface area contributed by atoms with Crippen LogP contribution in [0.15, 0.2) is 24.3 Å². The zero-order chi connectivity index (χ0) is 14.5. The molecule has 1 aromatic rings. The van der Waals surface area contributed by atoms with Crippen LogP contribution < -0.4 is 10.2 Å². The molecular weight excluding hydrogens is 244 g/mol. The molecule has 0 radical (unpaired) electrons. The summed E-state index contributed by atoms with van der Waals surface area (Å²) in [5.74, 6) is 0.726. The highest BCUT2D eigenvalue weighted by Gasteiger charge is 2.29. The third-order valence-electron chi connectivity index (χ3n) is 4.48. The molecule has 1 heterocycles. The van der Waals surface area contributed by atoms with Crippen LogP contribution in [-0.2, 0) is 0 Å². The average molecular weight is 274 g/mol. The standard InChI is InChI=1S/C18H30N2/c1-5-12-19-15(4)16-9-6-7-10-18(16)20-13-8-11-17(20)14(2)3/h6-7,9-10,14-15,17,19H,5,8,11-13H2,1-4H3. The Bertz CT molecular complexity index is 414. The highest BCUT2D eigenvalue weighted by molar-refractivity contribution is 5.56. The van der Waals surface area contributed by atoms with Gasteiger partial charge in [0.2, 0.25) is 0 Å². The zero-order valence-electron chi connectivity index (χ0n) is 13.5. The predicted octanol–water partition coefficient (Wildman–Crippen LogP) is 4.37. The number of benzene rings is 1. The lowest BCUT2D eigenvalue weighted by Crippen LogP contribution is -2.34. The molecule has 1 aliphatic heterocycles. The van der Waals surface area contributed by atoms with Crippen LogP contribution in [0.2, 0.25) is 0 Å². The van der Waals surface area contributed by atoms with E-state index in [2.05, 4.69) is 62.2 Å². The maximum absolute atomic E-state index is 3.63. The van der Waals surface area contributed by atoms with Crippen molar-refractivity contribution < 1.29 is 0 Å². The van der Waals surface area contributed by atoms with Crippen LogP contribution >= 0.6 is 0 Å². The first-order chi connectivity index (χ1) is 9.65. The molecule has 1 aromatic carbocycles. The van der Waals surface area contributed by atoms with Crippen molar-refractivity contribution in [3.8, 4) is 0 Å². The molecule has 0 amide bonds. The predicted molar refractivity (Wildman–Crippen MR) is 88.4 cm³/mol. The summed E-state index contributed by atoms with van der Waals surface area (Å²) >= 11 is 0. The van der Waals surface area contributed by atoms with E-state index in [4.69, 9.17) is 0 Å². The first-order valence-electron chi connectivity index (χ1n) is 8.24. The van der Waals surface area contributed by atoms with Crippen molar-refractivity contribution in [2.75, 3.05) is 18.0 Å². The van der Waals surface area contributed by atoms with Gasteiger partial charge in [0, 0.05) is 24.3 Å². The summed E-state index contributed by atoms with van der Waals surface area (Å²) in [6.07, 6.45) is 3.85. The molecule has 1 fully saturated rings. The molecule has 0 aromatic heterocycles. The second-order valence-corrected chi connectivity index (χ2v) is 6.38. The summed E-state index contributed by atoms with van der Waals surface area (Å²) in [5, 5.41) is 3.63. The summed E-state index contributed by atoms with van der Waals surface area (Å²) in [4.78, 5) is 2.64. The topological polar surface area (TPSA) is 15.3 Å². The van der Waals surface area contributed by atoms with Crippen molar-refractivity contribution in [1.29, 1.82) is 0 Å². The maximum Gasteiger partial charge on any atom is 0.0417 e. The summed E-state index contributed by atoms with van der Waals surface area (Å²) in [6.45, 7) is 11.5. The van der Waals surface area contributed by atoms with Crippen molar-refractivity contribution in [3.63, 3.8) is 0 Å². The maximum atomic E-state index is 3.63. The van der Waals surface area contributed by atoms with Crippen LogP contribution in [0.25, 0.3) is 0 Å². The highest BCUT2D eigenvalue weighted by atomic mass is 15.2. The quantitative estimate of drug-likeness (QED) is 0.828. The van der Waals surface area contributed by atoms with Gasteiger partial charge in [0.05, 0.1) is 0 Å². The van der Waals surface area contributed by atoms with Crippen LogP contribution in [0.5, 0.6) is 0 Å². The molecule has 0 spiro atoms. The molecule has 2 nitrogen and oxygen atoms in total. The van der Waals surface area contributed by atoms with Gasteiger partial charge in [-0.05, 0) is 50.3 Å². The van der Waals surface area contributed by atoms with Crippen molar-refractivity contribution in [2.45, 2.75) is 59.0 Å². The Labute approximate surface area is 124 Å². The van der Waals surface area contributed by atoms with E-state index < -0.39 is 0 Å². The Morgan fingerprint density at radius 2 is 2.00 bits per heavy atom. The summed E-state index contributed by atoms with van der Waals surface area (Å²) in [5.41, 5.74) is 2.90.